The second-order valence-electron chi connectivity index (χ2n) is 8.01. The van der Waals surface area contributed by atoms with Gasteiger partial charge in [-0.2, -0.15) is 0 Å². The van der Waals surface area contributed by atoms with E-state index in [-0.39, 0.29) is 0 Å². The zero-order valence-electron chi connectivity index (χ0n) is 14.4. The van der Waals surface area contributed by atoms with E-state index < -0.39 is 0 Å². The molecule has 0 amide bonds. The fraction of sp³-hybridized carbons (Fsp3) is 0.619. The van der Waals surface area contributed by atoms with Crippen LogP contribution in [0.4, 0.5) is 0 Å². The first-order valence-electron chi connectivity index (χ1n) is 9.07. The number of rotatable bonds is 1. The average molecular weight is 295 g/mol. The SMILES string of the molecule is C=C(C)N1CC[C@]23c4c(C)cccc4C[C@H]2CCCC3C1C. The van der Waals surface area contributed by atoms with Gasteiger partial charge >= 0.3 is 0 Å². The van der Waals surface area contributed by atoms with Crippen molar-refractivity contribution in [2.45, 2.75) is 64.3 Å². The van der Waals surface area contributed by atoms with Crippen LogP contribution in [-0.4, -0.2) is 17.5 Å². The summed E-state index contributed by atoms with van der Waals surface area (Å²) in [5.41, 5.74) is 6.67. The maximum atomic E-state index is 4.24. The summed E-state index contributed by atoms with van der Waals surface area (Å²) in [5.74, 6) is 1.69. The molecule has 3 aliphatic rings. The van der Waals surface area contributed by atoms with Crippen LogP contribution in [0.15, 0.2) is 30.5 Å². The van der Waals surface area contributed by atoms with Crippen molar-refractivity contribution in [3.05, 3.63) is 47.2 Å². The molecule has 1 aromatic rings. The van der Waals surface area contributed by atoms with Crippen LogP contribution in [0.5, 0.6) is 0 Å². The Bertz CT molecular complexity index is 616. The molecule has 4 atom stereocenters. The second kappa shape index (κ2) is 4.88. The quantitative estimate of drug-likeness (QED) is 0.717. The first-order chi connectivity index (χ1) is 10.6. The third kappa shape index (κ3) is 1.71. The van der Waals surface area contributed by atoms with Crippen LogP contribution >= 0.6 is 0 Å². The molecule has 1 heterocycles. The number of nitrogens with zero attached hydrogens (tertiary/aromatic N) is 1. The van der Waals surface area contributed by atoms with E-state index in [1.54, 1.807) is 16.7 Å². The van der Waals surface area contributed by atoms with E-state index in [4.69, 9.17) is 0 Å². The molecule has 1 heteroatoms. The topological polar surface area (TPSA) is 3.24 Å². The number of likely N-dealkylation sites (tertiary alicyclic amines) is 1. The van der Waals surface area contributed by atoms with Crippen molar-refractivity contribution < 1.29 is 0 Å². The molecule has 2 aliphatic carbocycles. The Labute approximate surface area is 135 Å². The van der Waals surface area contributed by atoms with Crippen LogP contribution in [0.3, 0.4) is 0 Å². The fourth-order valence-corrected chi connectivity index (χ4v) is 6.36. The third-order valence-electron chi connectivity index (χ3n) is 7.08. The zero-order valence-corrected chi connectivity index (χ0v) is 14.4. The summed E-state index contributed by atoms with van der Waals surface area (Å²) >= 11 is 0. The van der Waals surface area contributed by atoms with Crippen molar-refractivity contribution in [1.82, 2.24) is 4.90 Å². The molecule has 1 spiro atoms. The highest BCUT2D eigenvalue weighted by atomic mass is 15.2. The summed E-state index contributed by atoms with van der Waals surface area (Å²) in [6, 6.07) is 7.66. The molecule has 0 N–H and O–H groups in total. The average Bonchev–Trinajstić information content (AvgIpc) is 2.81. The normalized spacial score (nSPS) is 36.5. The van der Waals surface area contributed by atoms with Crippen LogP contribution in [0.1, 0.15) is 56.2 Å². The summed E-state index contributed by atoms with van der Waals surface area (Å²) in [6.45, 7) is 12.4. The first-order valence-corrected chi connectivity index (χ1v) is 9.07. The molecule has 118 valence electrons. The van der Waals surface area contributed by atoms with E-state index in [1.807, 2.05) is 0 Å². The molecule has 0 radical (unpaired) electrons. The predicted octanol–water partition coefficient (Wildman–Crippen LogP) is 4.83. The van der Waals surface area contributed by atoms with E-state index in [0.29, 0.717) is 11.5 Å². The zero-order chi connectivity index (χ0) is 15.5. The Morgan fingerprint density at radius 2 is 2.14 bits per heavy atom. The number of benzene rings is 1. The van der Waals surface area contributed by atoms with Gasteiger partial charge in [0.2, 0.25) is 0 Å². The number of piperidine rings is 1. The van der Waals surface area contributed by atoms with Gasteiger partial charge in [-0.1, -0.05) is 31.2 Å². The minimum absolute atomic E-state index is 0.463. The van der Waals surface area contributed by atoms with Gasteiger partial charge in [0.1, 0.15) is 0 Å². The Kier molecular flexibility index (Phi) is 3.18. The summed E-state index contributed by atoms with van der Waals surface area (Å²) in [6.07, 6.45) is 6.91. The van der Waals surface area contributed by atoms with Gasteiger partial charge in [-0.3, -0.25) is 0 Å². The maximum Gasteiger partial charge on any atom is 0.0295 e. The van der Waals surface area contributed by atoms with Crippen molar-refractivity contribution in [2.24, 2.45) is 11.8 Å². The van der Waals surface area contributed by atoms with Gasteiger partial charge in [-0.15, -0.1) is 0 Å². The molecule has 1 aromatic carbocycles. The molecular weight excluding hydrogens is 266 g/mol. The standard InChI is InChI=1S/C21H29N/c1-14(2)22-12-11-21-18(9-6-10-19(21)16(22)4)13-17-8-5-7-15(3)20(17)21/h5,7-8,16,18-19H,1,6,9-13H2,2-4H3/t16?,18-,19?,21+/m1/s1. The highest BCUT2D eigenvalue weighted by Crippen LogP contribution is 2.60. The lowest BCUT2D eigenvalue weighted by Gasteiger charge is -2.57. The monoisotopic (exact) mass is 295 g/mol. The van der Waals surface area contributed by atoms with Crippen LogP contribution < -0.4 is 0 Å². The number of aryl methyl sites for hydroxylation is 1. The lowest BCUT2D eigenvalue weighted by molar-refractivity contribution is -0.00176. The highest BCUT2D eigenvalue weighted by Gasteiger charge is 2.57. The van der Waals surface area contributed by atoms with Crippen molar-refractivity contribution in [3.8, 4) is 0 Å². The Morgan fingerprint density at radius 3 is 2.91 bits per heavy atom. The lowest BCUT2D eigenvalue weighted by Crippen LogP contribution is -2.57. The van der Waals surface area contributed by atoms with Crippen LogP contribution in [0.2, 0.25) is 0 Å². The second-order valence-corrected chi connectivity index (χ2v) is 8.01. The molecule has 1 saturated heterocycles. The van der Waals surface area contributed by atoms with E-state index in [2.05, 4.69) is 50.4 Å². The van der Waals surface area contributed by atoms with Gasteiger partial charge < -0.3 is 4.90 Å². The summed E-state index contributed by atoms with van der Waals surface area (Å²) in [7, 11) is 0. The van der Waals surface area contributed by atoms with Crippen LogP contribution in [-0.2, 0) is 11.8 Å². The molecular formula is C21H29N. The van der Waals surface area contributed by atoms with Gasteiger partial charge in [0.15, 0.2) is 0 Å². The van der Waals surface area contributed by atoms with Crippen molar-refractivity contribution in [2.75, 3.05) is 6.54 Å². The predicted molar refractivity (Wildman–Crippen MR) is 93.0 cm³/mol. The van der Waals surface area contributed by atoms with Crippen LogP contribution in [0, 0.1) is 18.8 Å². The first kappa shape index (κ1) is 14.4. The molecule has 2 unspecified atom stereocenters. The van der Waals surface area contributed by atoms with Crippen LogP contribution in [0.25, 0.3) is 0 Å². The highest BCUT2D eigenvalue weighted by molar-refractivity contribution is 5.48. The summed E-state index contributed by atoms with van der Waals surface area (Å²) in [4.78, 5) is 2.58. The van der Waals surface area contributed by atoms with Gasteiger partial charge in [0.05, 0.1) is 0 Å². The van der Waals surface area contributed by atoms with E-state index in [1.165, 1.54) is 44.3 Å². The van der Waals surface area contributed by atoms with Gasteiger partial charge in [0, 0.05) is 23.7 Å². The Balaban J connectivity index is 1.85. The molecule has 4 rings (SSSR count). The molecule has 0 aromatic heterocycles. The van der Waals surface area contributed by atoms with Gasteiger partial charge in [0.25, 0.3) is 0 Å². The number of hydrogen-bond acceptors (Lipinski definition) is 1. The lowest BCUT2D eigenvalue weighted by atomic mass is 9.54. The maximum absolute atomic E-state index is 4.24. The molecule has 22 heavy (non-hydrogen) atoms. The fourth-order valence-electron chi connectivity index (χ4n) is 6.36. The van der Waals surface area contributed by atoms with Crippen molar-refractivity contribution in [3.63, 3.8) is 0 Å². The van der Waals surface area contributed by atoms with E-state index in [9.17, 15) is 0 Å². The minimum atomic E-state index is 0.463. The third-order valence-corrected chi connectivity index (χ3v) is 7.08. The molecule has 0 bridgehead atoms. The van der Waals surface area contributed by atoms with Crippen molar-refractivity contribution in [1.29, 1.82) is 0 Å². The van der Waals surface area contributed by atoms with Gasteiger partial charge in [-0.25, -0.2) is 0 Å². The van der Waals surface area contributed by atoms with Gasteiger partial charge in [-0.05, 0) is 75.0 Å². The summed E-state index contributed by atoms with van der Waals surface area (Å²) in [5, 5.41) is 0. The molecule has 1 saturated carbocycles. The molecule has 2 fully saturated rings. The minimum Gasteiger partial charge on any atom is -0.372 e. The Morgan fingerprint density at radius 1 is 1.32 bits per heavy atom. The van der Waals surface area contributed by atoms with E-state index >= 15 is 0 Å². The number of allylic oxidation sites excluding steroid dienone is 1. The Hall–Kier alpha value is -1.24. The largest absolute Gasteiger partial charge is 0.372 e. The summed E-state index contributed by atoms with van der Waals surface area (Å²) < 4.78 is 0. The smallest absolute Gasteiger partial charge is 0.0295 e. The molecule has 1 nitrogen and oxygen atoms in total. The number of hydrogen-bond donors (Lipinski definition) is 0. The number of fused-ring (bicyclic) bond motifs is 1. The van der Waals surface area contributed by atoms with Crippen molar-refractivity contribution >= 4 is 0 Å². The molecule has 1 aliphatic heterocycles. The van der Waals surface area contributed by atoms with E-state index in [0.717, 1.165) is 11.8 Å².